The Morgan fingerprint density at radius 2 is 1.71 bits per heavy atom. The van der Waals surface area contributed by atoms with Crippen LogP contribution in [0.25, 0.3) is 0 Å². The summed E-state index contributed by atoms with van der Waals surface area (Å²) in [6.07, 6.45) is 0. The summed E-state index contributed by atoms with van der Waals surface area (Å²) >= 11 is 18.2. The lowest BCUT2D eigenvalue weighted by Crippen LogP contribution is -2.23. The van der Waals surface area contributed by atoms with E-state index in [9.17, 15) is 4.79 Å². The molecule has 0 radical (unpaired) electrons. The van der Waals surface area contributed by atoms with Crippen LogP contribution in [-0.4, -0.2) is 12.5 Å². The summed E-state index contributed by atoms with van der Waals surface area (Å²) in [7, 11) is 0. The molecule has 0 atom stereocenters. The lowest BCUT2D eigenvalue weighted by Gasteiger charge is -2.14. The van der Waals surface area contributed by atoms with Gasteiger partial charge in [-0.2, -0.15) is 0 Å². The molecular weight excluding hydrogens is 457 g/mol. The van der Waals surface area contributed by atoms with Crippen molar-refractivity contribution in [2.75, 3.05) is 6.61 Å². The van der Waals surface area contributed by atoms with E-state index in [1.54, 1.807) is 42.5 Å². The monoisotopic (exact) mass is 477 g/mol. The molecule has 0 heterocycles. The maximum atomic E-state index is 12.7. The number of carbonyl (C=O) groups is 1. The van der Waals surface area contributed by atoms with Gasteiger partial charge in [0, 0.05) is 32.7 Å². The second kappa shape index (κ2) is 10.8. The van der Waals surface area contributed by atoms with E-state index in [1.165, 1.54) is 0 Å². The van der Waals surface area contributed by atoms with Gasteiger partial charge in [-0.25, -0.2) is 0 Å². The molecule has 0 saturated heterocycles. The second-order valence-electron chi connectivity index (χ2n) is 6.87. The summed E-state index contributed by atoms with van der Waals surface area (Å²) < 4.78 is 11.6. The van der Waals surface area contributed by atoms with Gasteiger partial charge in [0.25, 0.3) is 5.91 Å². The van der Waals surface area contributed by atoms with Crippen LogP contribution in [0.15, 0.2) is 54.6 Å². The van der Waals surface area contributed by atoms with Crippen LogP contribution in [-0.2, 0) is 13.2 Å². The maximum absolute atomic E-state index is 12.7. The number of rotatable bonds is 8. The minimum absolute atomic E-state index is 0.224. The SMILES string of the molecule is CCOc1ccc(C(=O)NCc2ccc(Cl)cc2Cl)cc1COc1ccc(Cl)c(C)c1. The summed E-state index contributed by atoms with van der Waals surface area (Å²) in [4.78, 5) is 12.7. The number of aryl methyl sites for hydroxylation is 1. The van der Waals surface area contributed by atoms with Crippen LogP contribution in [0.1, 0.15) is 34.0 Å². The predicted molar refractivity (Wildman–Crippen MR) is 126 cm³/mol. The number of halogens is 3. The highest BCUT2D eigenvalue weighted by atomic mass is 35.5. The summed E-state index contributed by atoms with van der Waals surface area (Å²) in [6.45, 7) is 4.87. The molecule has 4 nitrogen and oxygen atoms in total. The zero-order chi connectivity index (χ0) is 22.4. The van der Waals surface area contributed by atoms with E-state index >= 15 is 0 Å². The van der Waals surface area contributed by atoms with E-state index in [0.717, 1.165) is 16.7 Å². The third-order valence-electron chi connectivity index (χ3n) is 4.60. The van der Waals surface area contributed by atoms with Crippen molar-refractivity contribution in [1.29, 1.82) is 0 Å². The number of nitrogens with one attached hydrogen (secondary N) is 1. The second-order valence-corrected chi connectivity index (χ2v) is 8.12. The van der Waals surface area contributed by atoms with Gasteiger partial charge in [-0.05, 0) is 73.5 Å². The van der Waals surface area contributed by atoms with Crippen LogP contribution in [0.4, 0.5) is 0 Å². The van der Waals surface area contributed by atoms with Crippen molar-refractivity contribution in [1.82, 2.24) is 5.32 Å². The molecule has 0 aromatic heterocycles. The van der Waals surface area contributed by atoms with E-state index in [2.05, 4.69) is 5.32 Å². The van der Waals surface area contributed by atoms with Crippen LogP contribution >= 0.6 is 34.8 Å². The average molecular weight is 479 g/mol. The van der Waals surface area contributed by atoms with Gasteiger partial charge in [-0.15, -0.1) is 0 Å². The van der Waals surface area contributed by atoms with Crippen molar-refractivity contribution in [2.45, 2.75) is 27.0 Å². The van der Waals surface area contributed by atoms with Gasteiger partial charge in [0.1, 0.15) is 18.1 Å². The first kappa shape index (κ1) is 23.3. The number of ether oxygens (including phenoxy) is 2. The Labute approximate surface area is 197 Å². The Balaban J connectivity index is 1.73. The Hall–Kier alpha value is -2.40. The third-order valence-corrected chi connectivity index (χ3v) is 5.61. The molecule has 1 N–H and O–H groups in total. The van der Waals surface area contributed by atoms with E-state index in [-0.39, 0.29) is 19.1 Å². The van der Waals surface area contributed by atoms with Gasteiger partial charge in [0.15, 0.2) is 0 Å². The first-order valence-corrected chi connectivity index (χ1v) is 10.9. The van der Waals surface area contributed by atoms with Gasteiger partial charge in [0.05, 0.1) is 6.61 Å². The number of carbonyl (C=O) groups excluding carboxylic acids is 1. The summed E-state index contributed by atoms with van der Waals surface area (Å²) in [5.41, 5.74) is 2.98. The molecule has 3 aromatic carbocycles. The number of benzene rings is 3. The van der Waals surface area contributed by atoms with Gasteiger partial charge < -0.3 is 14.8 Å². The molecule has 0 aliphatic rings. The Kier molecular flexibility index (Phi) is 8.08. The topological polar surface area (TPSA) is 47.6 Å². The van der Waals surface area contributed by atoms with Crippen LogP contribution in [0.5, 0.6) is 11.5 Å². The smallest absolute Gasteiger partial charge is 0.251 e. The quantitative estimate of drug-likeness (QED) is 0.384. The van der Waals surface area contributed by atoms with Crippen molar-refractivity contribution in [2.24, 2.45) is 0 Å². The van der Waals surface area contributed by atoms with Crippen molar-refractivity contribution >= 4 is 40.7 Å². The van der Waals surface area contributed by atoms with Crippen molar-refractivity contribution in [3.05, 3.63) is 91.9 Å². The van der Waals surface area contributed by atoms with Crippen molar-refractivity contribution in [3.63, 3.8) is 0 Å². The lowest BCUT2D eigenvalue weighted by molar-refractivity contribution is 0.0950. The average Bonchev–Trinajstić information content (AvgIpc) is 2.74. The van der Waals surface area contributed by atoms with E-state index < -0.39 is 0 Å². The fourth-order valence-electron chi connectivity index (χ4n) is 2.94. The number of hydrogen-bond donors (Lipinski definition) is 1. The maximum Gasteiger partial charge on any atom is 0.251 e. The highest BCUT2D eigenvalue weighted by Gasteiger charge is 2.12. The van der Waals surface area contributed by atoms with Gasteiger partial charge in [-0.1, -0.05) is 40.9 Å². The Morgan fingerprint density at radius 1 is 0.903 bits per heavy atom. The van der Waals surface area contributed by atoms with E-state index in [0.29, 0.717) is 38.7 Å². The largest absolute Gasteiger partial charge is 0.493 e. The minimum Gasteiger partial charge on any atom is -0.493 e. The molecule has 0 aliphatic carbocycles. The molecule has 1 amide bonds. The van der Waals surface area contributed by atoms with Crippen molar-refractivity contribution < 1.29 is 14.3 Å². The van der Waals surface area contributed by atoms with Gasteiger partial charge >= 0.3 is 0 Å². The van der Waals surface area contributed by atoms with E-state index in [1.807, 2.05) is 26.0 Å². The predicted octanol–water partition coefficient (Wildman–Crippen LogP) is 6.86. The molecule has 0 spiro atoms. The molecule has 3 aromatic rings. The van der Waals surface area contributed by atoms with Crippen LogP contribution in [0.2, 0.25) is 15.1 Å². The minimum atomic E-state index is -0.224. The lowest BCUT2D eigenvalue weighted by atomic mass is 10.1. The zero-order valence-corrected chi connectivity index (χ0v) is 19.4. The van der Waals surface area contributed by atoms with Crippen LogP contribution in [0.3, 0.4) is 0 Å². The van der Waals surface area contributed by atoms with Crippen LogP contribution < -0.4 is 14.8 Å². The summed E-state index contributed by atoms with van der Waals surface area (Å²) in [5, 5.41) is 4.62. The molecular formula is C24H22Cl3NO3. The number of amides is 1. The van der Waals surface area contributed by atoms with E-state index in [4.69, 9.17) is 44.3 Å². The Bertz CT molecular complexity index is 1090. The standard InChI is InChI=1S/C24H22Cl3NO3/c1-3-30-23-9-5-16(24(29)28-13-17-4-6-19(25)12-22(17)27)11-18(23)14-31-20-7-8-21(26)15(2)10-20/h4-12H,3,13-14H2,1-2H3,(H,28,29). The molecule has 0 saturated carbocycles. The summed E-state index contributed by atoms with van der Waals surface area (Å²) in [5.74, 6) is 1.14. The Morgan fingerprint density at radius 3 is 2.42 bits per heavy atom. The molecule has 31 heavy (non-hydrogen) atoms. The summed E-state index contributed by atoms with van der Waals surface area (Å²) in [6, 6.07) is 15.9. The fourth-order valence-corrected chi connectivity index (χ4v) is 3.53. The van der Waals surface area contributed by atoms with Crippen molar-refractivity contribution in [3.8, 4) is 11.5 Å². The molecule has 0 aliphatic heterocycles. The normalized spacial score (nSPS) is 10.6. The third kappa shape index (κ3) is 6.30. The zero-order valence-electron chi connectivity index (χ0n) is 17.2. The number of hydrogen-bond acceptors (Lipinski definition) is 3. The molecule has 3 rings (SSSR count). The first-order chi connectivity index (χ1) is 14.9. The highest BCUT2D eigenvalue weighted by Crippen LogP contribution is 2.26. The van der Waals surface area contributed by atoms with Crippen LogP contribution in [0, 0.1) is 6.92 Å². The van der Waals surface area contributed by atoms with Gasteiger partial charge in [-0.3, -0.25) is 4.79 Å². The molecule has 7 heteroatoms. The van der Waals surface area contributed by atoms with Gasteiger partial charge in [0.2, 0.25) is 0 Å². The molecule has 162 valence electrons. The highest BCUT2D eigenvalue weighted by molar-refractivity contribution is 6.35. The molecule has 0 bridgehead atoms. The first-order valence-electron chi connectivity index (χ1n) is 9.74. The fraction of sp³-hybridized carbons (Fsp3) is 0.208. The molecule has 0 fully saturated rings. The molecule has 0 unspecified atom stereocenters.